The van der Waals surface area contributed by atoms with Gasteiger partial charge in [-0.25, -0.2) is 4.98 Å². The van der Waals surface area contributed by atoms with Crippen molar-refractivity contribution in [3.05, 3.63) is 81.1 Å². The maximum Gasteiger partial charge on any atom is 0.269 e. The van der Waals surface area contributed by atoms with E-state index in [1.807, 2.05) is 32.0 Å². The van der Waals surface area contributed by atoms with E-state index in [-0.39, 0.29) is 11.7 Å². The van der Waals surface area contributed by atoms with Crippen LogP contribution in [0.25, 0.3) is 11.3 Å². The SMILES string of the molecule is Cc1ccc(C(C)Nc2nccnc2-c2ccc([N+](=O)[O-])cc2)c(Cl)c1. The highest BCUT2D eigenvalue weighted by molar-refractivity contribution is 6.31. The number of aromatic nitrogens is 2. The summed E-state index contributed by atoms with van der Waals surface area (Å²) in [5.74, 6) is 0.588. The van der Waals surface area contributed by atoms with Gasteiger partial charge in [-0.05, 0) is 43.2 Å². The average molecular weight is 369 g/mol. The lowest BCUT2D eigenvalue weighted by Gasteiger charge is -2.18. The molecule has 0 radical (unpaired) electrons. The van der Waals surface area contributed by atoms with Gasteiger partial charge in [0.2, 0.25) is 0 Å². The minimum atomic E-state index is -0.429. The number of nitrogens with zero attached hydrogens (tertiary/aromatic N) is 3. The third-order valence-corrected chi connectivity index (χ3v) is 4.35. The van der Waals surface area contributed by atoms with Crippen molar-refractivity contribution in [2.24, 2.45) is 0 Å². The molecule has 7 heteroatoms. The van der Waals surface area contributed by atoms with Gasteiger partial charge < -0.3 is 5.32 Å². The van der Waals surface area contributed by atoms with E-state index in [1.54, 1.807) is 24.5 Å². The van der Waals surface area contributed by atoms with Crippen LogP contribution in [0.3, 0.4) is 0 Å². The number of rotatable bonds is 5. The number of nitro groups is 1. The Morgan fingerprint density at radius 3 is 2.46 bits per heavy atom. The molecule has 2 aromatic carbocycles. The molecule has 0 amide bonds. The minimum absolute atomic E-state index is 0.0342. The first-order chi connectivity index (χ1) is 12.5. The lowest BCUT2D eigenvalue weighted by atomic mass is 10.1. The molecule has 0 aliphatic carbocycles. The minimum Gasteiger partial charge on any atom is -0.362 e. The van der Waals surface area contributed by atoms with E-state index in [9.17, 15) is 10.1 Å². The molecule has 26 heavy (non-hydrogen) atoms. The molecule has 3 rings (SSSR count). The second-order valence-electron chi connectivity index (χ2n) is 5.95. The number of benzene rings is 2. The summed E-state index contributed by atoms with van der Waals surface area (Å²) in [6, 6.07) is 12.1. The van der Waals surface area contributed by atoms with Gasteiger partial charge in [0, 0.05) is 35.1 Å². The third-order valence-electron chi connectivity index (χ3n) is 4.03. The smallest absolute Gasteiger partial charge is 0.269 e. The Kier molecular flexibility index (Phi) is 5.14. The molecule has 0 saturated heterocycles. The summed E-state index contributed by atoms with van der Waals surface area (Å²) < 4.78 is 0. The Hall–Kier alpha value is -2.99. The van der Waals surface area contributed by atoms with E-state index in [4.69, 9.17) is 11.6 Å². The Bertz CT molecular complexity index is 945. The van der Waals surface area contributed by atoms with E-state index < -0.39 is 4.92 Å². The lowest BCUT2D eigenvalue weighted by molar-refractivity contribution is -0.384. The fourth-order valence-corrected chi connectivity index (χ4v) is 3.06. The van der Waals surface area contributed by atoms with Crippen molar-refractivity contribution in [1.82, 2.24) is 9.97 Å². The van der Waals surface area contributed by atoms with Crippen LogP contribution in [0, 0.1) is 17.0 Å². The van der Waals surface area contributed by atoms with E-state index in [0.29, 0.717) is 16.5 Å². The van der Waals surface area contributed by atoms with Gasteiger partial charge in [0.1, 0.15) is 5.69 Å². The van der Waals surface area contributed by atoms with Gasteiger partial charge in [-0.1, -0.05) is 23.7 Å². The average Bonchev–Trinajstić information content (AvgIpc) is 2.62. The number of non-ortho nitro benzene ring substituents is 1. The van der Waals surface area contributed by atoms with Crippen LogP contribution in [0.4, 0.5) is 11.5 Å². The molecule has 0 fully saturated rings. The van der Waals surface area contributed by atoms with Gasteiger partial charge in [-0.2, -0.15) is 0 Å². The van der Waals surface area contributed by atoms with Crippen LogP contribution in [-0.2, 0) is 0 Å². The Morgan fingerprint density at radius 2 is 1.81 bits per heavy atom. The molecule has 132 valence electrons. The fraction of sp³-hybridized carbons (Fsp3) is 0.158. The predicted molar refractivity (Wildman–Crippen MR) is 102 cm³/mol. The first-order valence-electron chi connectivity index (χ1n) is 8.04. The van der Waals surface area contributed by atoms with Crippen molar-refractivity contribution in [2.75, 3.05) is 5.32 Å². The highest BCUT2D eigenvalue weighted by Gasteiger charge is 2.15. The summed E-state index contributed by atoms with van der Waals surface area (Å²) in [7, 11) is 0. The highest BCUT2D eigenvalue weighted by Crippen LogP contribution is 2.30. The maximum atomic E-state index is 10.8. The first kappa shape index (κ1) is 17.8. The lowest BCUT2D eigenvalue weighted by Crippen LogP contribution is -2.10. The number of hydrogen-bond donors (Lipinski definition) is 1. The van der Waals surface area contributed by atoms with Gasteiger partial charge in [0.05, 0.1) is 11.0 Å². The zero-order chi connectivity index (χ0) is 18.7. The summed E-state index contributed by atoms with van der Waals surface area (Å²) >= 11 is 6.35. The molecule has 1 heterocycles. The van der Waals surface area contributed by atoms with Crippen molar-refractivity contribution >= 4 is 23.1 Å². The quantitative estimate of drug-likeness (QED) is 0.495. The van der Waals surface area contributed by atoms with Crippen molar-refractivity contribution in [3.63, 3.8) is 0 Å². The van der Waals surface area contributed by atoms with Crippen LogP contribution >= 0.6 is 11.6 Å². The normalized spacial score (nSPS) is 11.8. The van der Waals surface area contributed by atoms with Crippen LogP contribution in [0.1, 0.15) is 24.1 Å². The molecule has 1 unspecified atom stereocenters. The number of nitrogens with one attached hydrogen (secondary N) is 1. The Balaban J connectivity index is 1.90. The molecule has 1 N–H and O–H groups in total. The van der Waals surface area contributed by atoms with Crippen LogP contribution in [-0.4, -0.2) is 14.9 Å². The zero-order valence-corrected chi connectivity index (χ0v) is 15.1. The van der Waals surface area contributed by atoms with E-state index in [2.05, 4.69) is 15.3 Å². The molecule has 6 nitrogen and oxygen atoms in total. The van der Waals surface area contributed by atoms with Crippen molar-refractivity contribution < 1.29 is 4.92 Å². The van der Waals surface area contributed by atoms with Crippen molar-refractivity contribution in [2.45, 2.75) is 19.9 Å². The second kappa shape index (κ2) is 7.49. The predicted octanol–water partition coefficient (Wildman–Crippen LogP) is 5.19. The summed E-state index contributed by atoms with van der Waals surface area (Å²) in [6.07, 6.45) is 3.19. The molecule has 0 aliphatic heterocycles. The summed E-state index contributed by atoms with van der Waals surface area (Å²) in [6.45, 7) is 3.98. The maximum absolute atomic E-state index is 10.8. The Labute approximate surface area is 156 Å². The van der Waals surface area contributed by atoms with Crippen LogP contribution < -0.4 is 5.32 Å². The number of anilines is 1. The molecule has 0 saturated carbocycles. The summed E-state index contributed by atoms with van der Waals surface area (Å²) in [5.41, 5.74) is 3.45. The molecule has 0 spiro atoms. The van der Waals surface area contributed by atoms with Crippen LogP contribution in [0.5, 0.6) is 0 Å². The summed E-state index contributed by atoms with van der Waals surface area (Å²) in [4.78, 5) is 19.2. The van der Waals surface area contributed by atoms with Gasteiger partial charge in [0.15, 0.2) is 5.82 Å². The highest BCUT2D eigenvalue weighted by atomic mass is 35.5. The molecule has 1 atom stereocenters. The summed E-state index contributed by atoms with van der Waals surface area (Å²) in [5, 5.41) is 14.8. The molecule has 0 aliphatic rings. The van der Waals surface area contributed by atoms with E-state index in [0.717, 1.165) is 16.7 Å². The van der Waals surface area contributed by atoms with E-state index in [1.165, 1.54) is 12.1 Å². The van der Waals surface area contributed by atoms with Gasteiger partial charge in [-0.15, -0.1) is 0 Å². The largest absolute Gasteiger partial charge is 0.362 e. The molecule has 0 bridgehead atoms. The molecule has 1 aromatic heterocycles. The van der Waals surface area contributed by atoms with Crippen LogP contribution in [0.15, 0.2) is 54.9 Å². The second-order valence-corrected chi connectivity index (χ2v) is 6.36. The van der Waals surface area contributed by atoms with Gasteiger partial charge >= 0.3 is 0 Å². The number of nitro benzene ring substituents is 1. The number of hydrogen-bond acceptors (Lipinski definition) is 5. The van der Waals surface area contributed by atoms with E-state index >= 15 is 0 Å². The topological polar surface area (TPSA) is 81.0 Å². The van der Waals surface area contributed by atoms with Gasteiger partial charge in [-0.3, -0.25) is 15.1 Å². The standard InChI is InChI=1S/C19H17ClN4O2/c1-12-3-8-16(17(20)11-12)13(2)23-19-18(21-9-10-22-19)14-4-6-15(7-5-14)24(25)26/h3-11,13H,1-2H3,(H,22,23). The van der Waals surface area contributed by atoms with Crippen molar-refractivity contribution in [1.29, 1.82) is 0 Å². The molecular formula is C19H17ClN4O2. The van der Waals surface area contributed by atoms with Crippen LogP contribution in [0.2, 0.25) is 5.02 Å². The molecular weight excluding hydrogens is 352 g/mol. The Morgan fingerprint density at radius 1 is 1.12 bits per heavy atom. The fourth-order valence-electron chi connectivity index (χ4n) is 2.66. The number of aryl methyl sites for hydroxylation is 1. The number of halogens is 1. The third kappa shape index (κ3) is 3.81. The first-order valence-corrected chi connectivity index (χ1v) is 8.42. The zero-order valence-electron chi connectivity index (χ0n) is 14.3. The van der Waals surface area contributed by atoms with Gasteiger partial charge in [0.25, 0.3) is 5.69 Å². The monoisotopic (exact) mass is 368 g/mol. The van der Waals surface area contributed by atoms with Crippen molar-refractivity contribution in [3.8, 4) is 11.3 Å². The molecule has 3 aromatic rings.